The smallest absolute Gasteiger partial charge is 0.487 e. The van der Waals surface area contributed by atoms with Gasteiger partial charge in [0.2, 0.25) is 11.8 Å². The number of amides is 2. The Morgan fingerprint density at radius 3 is 2.47 bits per heavy atom. The number of phenolic OH excluding ortho intramolecular Hbond substituents is 1. The van der Waals surface area contributed by atoms with E-state index in [4.69, 9.17) is 4.65 Å². The standard InChI is InChI=1S/C25H32BNO5/c1-2-6-16-13-20-22(25(30)27(24(20)29)17-7-4-3-5-8-17)19-14-21(32-26(31)23(16)19)15-9-11-18(28)12-10-15/h9-12,17,19-22,28,31H,2-8,13-14H2,1H3/t19-,20-,21-,22+/m0/s1. The number of carbonyl (C=O) groups is 2. The van der Waals surface area contributed by atoms with E-state index in [2.05, 4.69) is 6.92 Å². The molecular formula is C25H32BNO5. The lowest BCUT2D eigenvalue weighted by atomic mass is 9.54. The molecule has 6 nitrogen and oxygen atoms in total. The van der Waals surface area contributed by atoms with Gasteiger partial charge in [-0.2, -0.15) is 0 Å². The van der Waals surface area contributed by atoms with Crippen LogP contribution in [0, 0.1) is 17.8 Å². The molecule has 4 aliphatic rings. The molecule has 2 aliphatic carbocycles. The first kappa shape index (κ1) is 21.7. The van der Waals surface area contributed by atoms with E-state index >= 15 is 0 Å². The summed E-state index contributed by atoms with van der Waals surface area (Å²) >= 11 is 0. The Hall–Kier alpha value is -2.12. The first-order valence-electron chi connectivity index (χ1n) is 12.2. The molecule has 3 fully saturated rings. The van der Waals surface area contributed by atoms with Crippen LogP contribution in [0.1, 0.15) is 76.4 Å². The number of likely N-dealkylation sites (tertiary alicyclic amines) is 1. The number of nitrogens with zero attached hydrogens (tertiary/aromatic N) is 1. The molecule has 0 bridgehead atoms. The molecule has 2 aliphatic heterocycles. The predicted octanol–water partition coefficient (Wildman–Crippen LogP) is 3.92. The van der Waals surface area contributed by atoms with Crippen molar-refractivity contribution in [2.75, 3.05) is 0 Å². The minimum absolute atomic E-state index is 0.00159. The maximum absolute atomic E-state index is 13.7. The van der Waals surface area contributed by atoms with E-state index in [1.165, 1.54) is 6.42 Å². The van der Waals surface area contributed by atoms with E-state index in [0.717, 1.165) is 55.1 Å². The number of rotatable bonds is 4. The molecule has 2 N–H and O–H groups in total. The molecule has 7 heteroatoms. The minimum atomic E-state index is -1.07. The molecule has 0 radical (unpaired) electrons. The number of allylic oxidation sites excluding steroid dienone is 2. The van der Waals surface area contributed by atoms with Crippen LogP contribution in [0.5, 0.6) is 5.75 Å². The molecule has 0 aromatic heterocycles. The Morgan fingerprint density at radius 2 is 1.78 bits per heavy atom. The van der Waals surface area contributed by atoms with E-state index < -0.39 is 13.0 Å². The normalized spacial score (nSPS) is 31.2. The molecule has 2 heterocycles. The van der Waals surface area contributed by atoms with Crippen molar-refractivity contribution >= 4 is 18.9 Å². The van der Waals surface area contributed by atoms with Gasteiger partial charge in [0, 0.05) is 6.04 Å². The average molecular weight is 437 g/mol. The summed E-state index contributed by atoms with van der Waals surface area (Å²) in [6, 6.07) is 6.84. The number of hydrogen-bond donors (Lipinski definition) is 2. The fourth-order valence-corrected chi connectivity index (χ4v) is 6.58. The summed E-state index contributed by atoms with van der Waals surface area (Å²) in [7, 11) is -1.07. The number of fused-ring (bicyclic) bond motifs is 3. The fourth-order valence-electron chi connectivity index (χ4n) is 6.58. The molecule has 2 saturated heterocycles. The summed E-state index contributed by atoms with van der Waals surface area (Å²) in [5, 5.41) is 20.7. The number of aromatic hydroxyl groups is 1. The van der Waals surface area contributed by atoms with Crippen molar-refractivity contribution in [2.24, 2.45) is 17.8 Å². The van der Waals surface area contributed by atoms with Crippen LogP contribution in [-0.2, 0) is 14.2 Å². The Morgan fingerprint density at radius 1 is 1.06 bits per heavy atom. The van der Waals surface area contributed by atoms with Gasteiger partial charge in [0.25, 0.3) is 0 Å². The summed E-state index contributed by atoms with van der Waals surface area (Å²) in [4.78, 5) is 28.8. The zero-order chi connectivity index (χ0) is 22.4. The van der Waals surface area contributed by atoms with Crippen LogP contribution in [0.25, 0.3) is 0 Å². The van der Waals surface area contributed by atoms with Gasteiger partial charge in [0.05, 0.1) is 17.9 Å². The maximum Gasteiger partial charge on any atom is 0.487 e. The largest absolute Gasteiger partial charge is 0.508 e. The van der Waals surface area contributed by atoms with Gasteiger partial charge in [0.1, 0.15) is 5.75 Å². The van der Waals surface area contributed by atoms with E-state index in [9.17, 15) is 19.7 Å². The third-order valence-electron chi connectivity index (χ3n) is 8.00. The number of phenols is 1. The van der Waals surface area contributed by atoms with Crippen molar-refractivity contribution in [1.82, 2.24) is 4.90 Å². The third kappa shape index (κ3) is 3.59. The second-order valence-corrected chi connectivity index (χ2v) is 9.89. The molecular weight excluding hydrogens is 405 g/mol. The molecule has 170 valence electrons. The van der Waals surface area contributed by atoms with E-state index in [1.54, 1.807) is 29.2 Å². The summed E-state index contributed by atoms with van der Waals surface area (Å²) in [5.41, 5.74) is 2.80. The first-order valence-corrected chi connectivity index (χ1v) is 12.2. The molecule has 32 heavy (non-hydrogen) atoms. The van der Waals surface area contributed by atoms with Crippen LogP contribution >= 0.6 is 0 Å². The van der Waals surface area contributed by atoms with Gasteiger partial charge in [-0.05, 0) is 61.2 Å². The molecule has 1 aromatic rings. The maximum atomic E-state index is 13.7. The lowest BCUT2D eigenvalue weighted by Crippen LogP contribution is -2.45. The summed E-state index contributed by atoms with van der Waals surface area (Å²) in [6.45, 7) is 2.10. The van der Waals surface area contributed by atoms with E-state index in [0.29, 0.717) is 12.8 Å². The zero-order valence-electron chi connectivity index (χ0n) is 18.7. The van der Waals surface area contributed by atoms with Crippen LogP contribution in [0.4, 0.5) is 0 Å². The quantitative estimate of drug-likeness (QED) is 0.551. The van der Waals surface area contributed by atoms with Gasteiger partial charge >= 0.3 is 7.12 Å². The van der Waals surface area contributed by atoms with Gasteiger partial charge in [-0.1, -0.05) is 50.3 Å². The molecule has 5 rings (SSSR count). The summed E-state index contributed by atoms with van der Waals surface area (Å²) in [6.07, 6.45) is 7.60. The van der Waals surface area contributed by atoms with Crippen LogP contribution in [0.15, 0.2) is 35.3 Å². The first-order chi connectivity index (χ1) is 15.5. The number of carbonyl (C=O) groups excluding carboxylic acids is 2. The molecule has 1 aromatic carbocycles. The van der Waals surface area contributed by atoms with Crippen LogP contribution in [-0.4, -0.2) is 40.0 Å². The second kappa shape index (κ2) is 8.67. The number of imide groups is 1. The van der Waals surface area contributed by atoms with Crippen molar-refractivity contribution in [3.05, 3.63) is 40.9 Å². The lowest BCUT2D eigenvalue weighted by Gasteiger charge is -2.42. The van der Waals surface area contributed by atoms with Gasteiger partial charge in [-0.25, -0.2) is 0 Å². The van der Waals surface area contributed by atoms with E-state index in [1.807, 2.05) is 0 Å². The summed E-state index contributed by atoms with van der Waals surface area (Å²) < 4.78 is 6.02. The van der Waals surface area contributed by atoms with Crippen molar-refractivity contribution in [3.8, 4) is 5.75 Å². The molecule has 2 amide bonds. The van der Waals surface area contributed by atoms with Crippen molar-refractivity contribution in [2.45, 2.75) is 76.9 Å². The number of benzene rings is 1. The minimum Gasteiger partial charge on any atom is -0.508 e. The van der Waals surface area contributed by atoms with Crippen LogP contribution in [0.3, 0.4) is 0 Å². The molecule has 1 saturated carbocycles. The van der Waals surface area contributed by atoms with Crippen molar-refractivity contribution in [3.63, 3.8) is 0 Å². The third-order valence-corrected chi connectivity index (χ3v) is 8.00. The monoisotopic (exact) mass is 437 g/mol. The second-order valence-electron chi connectivity index (χ2n) is 9.89. The van der Waals surface area contributed by atoms with Crippen LogP contribution in [0.2, 0.25) is 0 Å². The van der Waals surface area contributed by atoms with Gasteiger partial charge in [-0.15, -0.1) is 0 Å². The van der Waals surface area contributed by atoms with Gasteiger partial charge in [-0.3, -0.25) is 14.5 Å². The van der Waals surface area contributed by atoms with Crippen molar-refractivity contribution < 1.29 is 24.4 Å². The Bertz CT molecular complexity index is 923. The topological polar surface area (TPSA) is 87.1 Å². The SMILES string of the molecule is CCCC1=C2B(O)O[C@H](c3ccc(O)cc3)C[C@H]2[C@H]2C(=O)N(C3CCCCC3)C(=O)[C@H]2C1. The highest BCUT2D eigenvalue weighted by molar-refractivity contribution is 6.53. The van der Waals surface area contributed by atoms with Gasteiger partial charge < -0.3 is 14.8 Å². The zero-order valence-corrected chi connectivity index (χ0v) is 18.7. The summed E-state index contributed by atoms with van der Waals surface area (Å²) in [5.74, 6) is -0.773. The highest BCUT2D eigenvalue weighted by Gasteiger charge is 2.58. The van der Waals surface area contributed by atoms with Crippen LogP contribution < -0.4 is 0 Å². The van der Waals surface area contributed by atoms with Gasteiger partial charge in [0.15, 0.2) is 0 Å². The number of hydrogen-bond acceptors (Lipinski definition) is 5. The Kier molecular flexibility index (Phi) is 5.89. The molecule has 4 atom stereocenters. The van der Waals surface area contributed by atoms with Crippen molar-refractivity contribution in [1.29, 1.82) is 0 Å². The fraction of sp³-hybridized carbons (Fsp3) is 0.600. The average Bonchev–Trinajstić information content (AvgIpc) is 3.04. The highest BCUT2D eigenvalue weighted by Crippen LogP contribution is 2.52. The Balaban J connectivity index is 1.50. The lowest BCUT2D eigenvalue weighted by molar-refractivity contribution is -0.143. The highest BCUT2D eigenvalue weighted by atomic mass is 16.5. The molecule has 0 unspecified atom stereocenters. The Labute approximate surface area is 189 Å². The van der Waals surface area contributed by atoms with E-state index in [-0.39, 0.29) is 41.5 Å². The molecule has 0 spiro atoms. The predicted molar refractivity (Wildman–Crippen MR) is 120 cm³/mol.